The quantitative estimate of drug-likeness (QED) is 0.791. The van der Waals surface area contributed by atoms with E-state index in [4.69, 9.17) is 9.73 Å². The van der Waals surface area contributed by atoms with Gasteiger partial charge in [-0.3, -0.25) is 10.3 Å². The molecule has 2 heterocycles. The van der Waals surface area contributed by atoms with E-state index in [1.54, 1.807) is 13.2 Å². The Hall–Kier alpha value is -2.37. The number of nitrogens with zero attached hydrogens (tertiary/aromatic N) is 2. The van der Waals surface area contributed by atoms with Gasteiger partial charge in [0.05, 0.1) is 7.11 Å². The first kappa shape index (κ1) is 20.9. The summed E-state index contributed by atoms with van der Waals surface area (Å²) in [6.07, 6.45) is 2.68. The zero-order valence-corrected chi connectivity index (χ0v) is 18.5. The third-order valence-electron chi connectivity index (χ3n) is 6.79. The third kappa shape index (κ3) is 3.96. The first-order valence-electron chi connectivity index (χ1n) is 11.0. The van der Waals surface area contributed by atoms with Crippen molar-refractivity contribution in [2.24, 2.45) is 4.99 Å². The number of phenolic OH excluding ortho intramolecular Hbond substituents is 1. The summed E-state index contributed by atoms with van der Waals surface area (Å²) in [5.41, 5.74) is 5.46. The summed E-state index contributed by atoms with van der Waals surface area (Å²) in [6.45, 7) is 9.65. The number of hydrogen-bond donors (Lipinski definition) is 2. The molecule has 1 unspecified atom stereocenters. The lowest BCUT2D eigenvalue weighted by molar-refractivity contribution is 0.129. The fourth-order valence-corrected chi connectivity index (χ4v) is 4.68. The monoisotopic (exact) mass is 407 g/mol. The van der Waals surface area contributed by atoms with E-state index in [2.05, 4.69) is 49.2 Å². The molecule has 2 N–H and O–H groups in total. The van der Waals surface area contributed by atoms with Crippen LogP contribution in [0.4, 0.5) is 0 Å². The van der Waals surface area contributed by atoms with E-state index in [0.29, 0.717) is 5.75 Å². The summed E-state index contributed by atoms with van der Waals surface area (Å²) < 4.78 is 5.37. The second-order valence-corrected chi connectivity index (χ2v) is 8.62. The summed E-state index contributed by atoms with van der Waals surface area (Å²) in [5, 5.41) is 14.7. The number of nitrogens with one attached hydrogen (secondary N) is 1. The number of piperidine rings is 1. The Morgan fingerprint density at radius 3 is 2.60 bits per heavy atom. The molecular weight excluding hydrogens is 374 g/mol. The first-order valence-corrected chi connectivity index (χ1v) is 11.0. The Bertz CT molecular complexity index is 945. The van der Waals surface area contributed by atoms with Crippen molar-refractivity contribution in [3.63, 3.8) is 0 Å². The van der Waals surface area contributed by atoms with Crippen LogP contribution in [-0.4, -0.2) is 48.1 Å². The second-order valence-electron chi connectivity index (χ2n) is 8.62. The number of rotatable bonds is 4. The number of hydrogen-bond acceptors (Lipinski definition) is 5. The number of ether oxygens (including phenoxy) is 1. The number of benzene rings is 2. The van der Waals surface area contributed by atoms with Gasteiger partial charge in [0, 0.05) is 36.8 Å². The standard InChI is InChI=1S/C25H33N3O2/c1-5-28-13-11-25(12-14-28)26-21(19-10-9-17(2)18(3)15-19)16-22(27-25)20-7-6-8-23(30-4)24(20)29/h6-10,15,22,27,29H,5,11-14,16H2,1-4H3. The molecule has 0 aromatic heterocycles. The Balaban J connectivity index is 1.74. The zero-order chi connectivity index (χ0) is 21.3. The molecule has 0 radical (unpaired) electrons. The molecule has 5 heteroatoms. The largest absolute Gasteiger partial charge is 0.504 e. The van der Waals surface area contributed by atoms with E-state index in [1.165, 1.54) is 16.7 Å². The molecule has 2 aliphatic rings. The summed E-state index contributed by atoms with van der Waals surface area (Å²) in [4.78, 5) is 7.77. The number of methoxy groups -OCH3 is 1. The minimum Gasteiger partial charge on any atom is -0.504 e. The summed E-state index contributed by atoms with van der Waals surface area (Å²) >= 11 is 0. The number of aryl methyl sites for hydroxylation is 2. The van der Waals surface area contributed by atoms with E-state index >= 15 is 0 Å². The molecule has 4 rings (SSSR count). The van der Waals surface area contributed by atoms with Crippen molar-refractivity contribution in [1.29, 1.82) is 0 Å². The predicted octanol–water partition coefficient (Wildman–Crippen LogP) is 4.35. The van der Waals surface area contributed by atoms with Crippen LogP contribution in [0, 0.1) is 13.8 Å². The van der Waals surface area contributed by atoms with Gasteiger partial charge >= 0.3 is 0 Å². The van der Waals surface area contributed by atoms with Crippen molar-refractivity contribution in [2.75, 3.05) is 26.7 Å². The molecule has 0 amide bonds. The molecule has 5 nitrogen and oxygen atoms in total. The van der Waals surface area contributed by atoms with Crippen LogP contribution in [0.1, 0.15) is 54.5 Å². The molecule has 1 fully saturated rings. The average molecular weight is 408 g/mol. The highest BCUT2D eigenvalue weighted by molar-refractivity contribution is 6.02. The molecular formula is C25H33N3O2. The van der Waals surface area contributed by atoms with E-state index in [1.807, 2.05) is 12.1 Å². The van der Waals surface area contributed by atoms with Crippen molar-refractivity contribution >= 4 is 5.71 Å². The van der Waals surface area contributed by atoms with Crippen LogP contribution in [-0.2, 0) is 0 Å². The molecule has 2 aromatic carbocycles. The lowest BCUT2D eigenvalue weighted by atomic mass is 9.87. The van der Waals surface area contributed by atoms with E-state index < -0.39 is 0 Å². The van der Waals surface area contributed by atoms with E-state index in [9.17, 15) is 5.11 Å². The van der Waals surface area contributed by atoms with Crippen molar-refractivity contribution in [3.8, 4) is 11.5 Å². The van der Waals surface area contributed by atoms with Gasteiger partial charge in [0.1, 0.15) is 5.66 Å². The van der Waals surface area contributed by atoms with Crippen molar-refractivity contribution in [2.45, 2.75) is 51.7 Å². The minimum atomic E-state index is -0.293. The average Bonchev–Trinajstić information content (AvgIpc) is 2.76. The van der Waals surface area contributed by atoms with Gasteiger partial charge in [-0.1, -0.05) is 31.2 Å². The third-order valence-corrected chi connectivity index (χ3v) is 6.79. The topological polar surface area (TPSA) is 57.1 Å². The highest BCUT2D eigenvalue weighted by Crippen LogP contribution is 2.40. The molecule has 1 spiro atoms. The SMILES string of the molecule is CCN1CCC2(CC1)N=C(c1ccc(C)c(C)c1)CC(c1cccc(OC)c1O)N2. The maximum absolute atomic E-state index is 10.8. The smallest absolute Gasteiger partial charge is 0.162 e. The van der Waals surface area contributed by atoms with Crippen molar-refractivity contribution in [1.82, 2.24) is 10.2 Å². The molecule has 2 aliphatic heterocycles. The number of aromatic hydroxyl groups is 1. The highest BCUT2D eigenvalue weighted by Gasteiger charge is 2.40. The Morgan fingerprint density at radius 1 is 1.17 bits per heavy atom. The van der Waals surface area contributed by atoms with Crippen LogP contribution in [0.25, 0.3) is 0 Å². The van der Waals surface area contributed by atoms with Gasteiger partial charge < -0.3 is 14.7 Å². The Labute approximate surface area is 179 Å². The Morgan fingerprint density at radius 2 is 1.93 bits per heavy atom. The molecule has 0 saturated carbocycles. The van der Waals surface area contributed by atoms with Gasteiger partial charge in [0.15, 0.2) is 11.5 Å². The van der Waals surface area contributed by atoms with Gasteiger partial charge in [-0.05, 0) is 62.1 Å². The van der Waals surface area contributed by atoms with Gasteiger partial charge in [-0.2, -0.15) is 0 Å². The maximum atomic E-state index is 10.8. The van der Waals surface area contributed by atoms with Gasteiger partial charge in [-0.25, -0.2) is 0 Å². The fourth-order valence-electron chi connectivity index (χ4n) is 4.68. The summed E-state index contributed by atoms with van der Waals surface area (Å²) in [6, 6.07) is 12.3. The van der Waals surface area contributed by atoms with E-state index in [-0.39, 0.29) is 17.5 Å². The predicted molar refractivity (Wildman–Crippen MR) is 122 cm³/mol. The number of aliphatic imine (C=N–C) groups is 1. The van der Waals surface area contributed by atoms with Crippen LogP contribution in [0.5, 0.6) is 11.5 Å². The van der Waals surface area contributed by atoms with Crippen LogP contribution < -0.4 is 10.1 Å². The summed E-state index contributed by atoms with van der Waals surface area (Å²) in [5.74, 6) is 0.736. The molecule has 2 aromatic rings. The number of phenols is 1. The van der Waals surface area contributed by atoms with Crippen LogP contribution >= 0.6 is 0 Å². The van der Waals surface area contributed by atoms with Crippen molar-refractivity contribution < 1.29 is 9.84 Å². The normalized spacial score (nSPS) is 21.5. The zero-order valence-electron chi connectivity index (χ0n) is 18.5. The van der Waals surface area contributed by atoms with Crippen LogP contribution in [0.3, 0.4) is 0 Å². The minimum absolute atomic E-state index is 0.0117. The van der Waals surface area contributed by atoms with E-state index in [0.717, 1.165) is 50.2 Å². The highest BCUT2D eigenvalue weighted by atomic mass is 16.5. The first-order chi connectivity index (χ1) is 14.4. The molecule has 160 valence electrons. The maximum Gasteiger partial charge on any atom is 0.162 e. The second kappa shape index (κ2) is 8.40. The lowest BCUT2D eigenvalue weighted by Crippen LogP contribution is -2.56. The van der Waals surface area contributed by atoms with Crippen LogP contribution in [0.15, 0.2) is 41.4 Å². The number of likely N-dealkylation sites (tertiary alicyclic amines) is 1. The molecule has 0 bridgehead atoms. The van der Waals surface area contributed by atoms with Crippen molar-refractivity contribution in [3.05, 3.63) is 58.7 Å². The molecule has 30 heavy (non-hydrogen) atoms. The number of para-hydroxylation sites is 1. The summed E-state index contributed by atoms with van der Waals surface area (Å²) in [7, 11) is 1.59. The fraction of sp³-hybridized carbons (Fsp3) is 0.480. The molecule has 1 saturated heterocycles. The lowest BCUT2D eigenvalue weighted by Gasteiger charge is -2.45. The van der Waals surface area contributed by atoms with Gasteiger partial charge in [-0.15, -0.1) is 0 Å². The van der Waals surface area contributed by atoms with Gasteiger partial charge in [0.25, 0.3) is 0 Å². The molecule has 1 atom stereocenters. The van der Waals surface area contributed by atoms with Gasteiger partial charge in [0.2, 0.25) is 0 Å². The molecule has 0 aliphatic carbocycles. The van der Waals surface area contributed by atoms with Crippen LogP contribution in [0.2, 0.25) is 0 Å². The Kier molecular flexibility index (Phi) is 5.85.